The fourth-order valence-corrected chi connectivity index (χ4v) is 6.18. The highest BCUT2D eigenvalue weighted by atomic mass is 35.5. The first-order chi connectivity index (χ1) is 22.9. The van der Waals surface area contributed by atoms with E-state index >= 15 is 0 Å². The Kier molecular flexibility index (Phi) is 9.90. The molecule has 0 saturated carbocycles. The molecule has 0 bridgehead atoms. The highest BCUT2D eigenvalue weighted by Gasteiger charge is 2.12. The van der Waals surface area contributed by atoms with E-state index < -0.39 is 0 Å². The van der Waals surface area contributed by atoms with Crippen LogP contribution in [0.3, 0.4) is 0 Å². The summed E-state index contributed by atoms with van der Waals surface area (Å²) in [5.41, 5.74) is 5.10. The van der Waals surface area contributed by atoms with E-state index in [1.807, 2.05) is 123 Å². The van der Waals surface area contributed by atoms with Crippen LogP contribution in [0, 0.1) is 0 Å². The van der Waals surface area contributed by atoms with Crippen molar-refractivity contribution < 1.29 is 0 Å². The maximum atomic E-state index is 13.7. The highest BCUT2D eigenvalue weighted by molar-refractivity contribution is 6.31. The van der Waals surface area contributed by atoms with E-state index in [1.165, 1.54) is 0 Å². The monoisotopic (exact) mass is 662 g/mol. The molecule has 0 radical (unpaired) electrons. The molecule has 0 saturated heterocycles. The molecule has 3 aromatic heterocycles. The number of hydrogen-bond donors (Lipinski definition) is 0. The lowest BCUT2D eigenvalue weighted by Crippen LogP contribution is -2.22. The van der Waals surface area contributed by atoms with Crippen molar-refractivity contribution in [2.75, 3.05) is 0 Å². The van der Waals surface area contributed by atoms with Crippen molar-refractivity contribution >= 4 is 69.3 Å². The highest BCUT2D eigenvalue weighted by Crippen LogP contribution is 2.23. The molecule has 6 rings (SSSR count). The van der Waals surface area contributed by atoms with E-state index in [9.17, 15) is 9.59 Å². The Morgan fingerprint density at radius 1 is 0.638 bits per heavy atom. The van der Waals surface area contributed by atoms with Gasteiger partial charge in [0.2, 0.25) is 0 Å². The molecule has 3 aromatic carbocycles. The van der Waals surface area contributed by atoms with Crippen molar-refractivity contribution in [3.63, 3.8) is 0 Å². The van der Waals surface area contributed by atoms with Crippen LogP contribution >= 0.6 is 23.2 Å². The summed E-state index contributed by atoms with van der Waals surface area (Å²) in [4.78, 5) is 27.2. The first-order valence-corrected chi connectivity index (χ1v) is 16.8. The average molecular weight is 664 g/mol. The minimum atomic E-state index is -0.0529. The molecule has 0 aliphatic rings. The number of hydrogen-bond acceptors (Lipinski definition) is 3. The van der Waals surface area contributed by atoms with Gasteiger partial charge in [0.15, 0.2) is 0 Å². The van der Waals surface area contributed by atoms with Gasteiger partial charge in [-0.3, -0.25) is 9.59 Å². The molecule has 0 aliphatic heterocycles. The van der Waals surface area contributed by atoms with Crippen LogP contribution in [0.15, 0.2) is 94.5 Å². The van der Waals surface area contributed by atoms with E-state index in [0.717, 1.165) is 58.9 Å². The van der Waals surface area contributed by atoms with Gasteiger partial charge < -0.3 is 9.13 Å². The van der Waals surface area contributed by atoms with Gasteiger partial charge in [0.1, 0.15) is 0 Å². The molecule has 0 spiro atoms. The van der Waals surface area contributed by atoms with Gasteiger partial charge >= 0.3 is 0 Å². The zero-order chi connectivity index (χ0) is 32.9. The lowest BCUT2D eigenvalue weighted by Gasteiger charge is -2.12. The minimum Gasteiger partial charge on any atom is -0.308 e. The van der Waals surface area contributed by atoms with Gasteiger partial charge in [-0.15, -0.1) is 0 Å². The third-order valence-electron chi connectivity index (χ3n) is 8.26. The number of pyridine rings is 2. The van der Waals surface area contributed by atoms with Gasteiger partial charge in [-0.25, -0.2) is 4.68 Å². The van der Waals surface area contributed by atoms with Crippen LogP contribution in [-0.2, 0) is 13.1 Å². The standard InChI is InChI=1S/C39H36Cl2N4O2/c1-3-5-20-43-36-18-14-31(40)24-29(36)22-27(38(43)46)12-16-33-26-35(45(42-33)34-10-8-7-9-11-34)17-13-28-23-30-25-32(41)15-19-37(30)44(39(28)47)21-6-4-2/h7-19,22-26H,3-6,20-21H2,1-2H3/b16-12+,17-13+. The van der Waals surface area contributed by atoms with E-state index in [1.54, 1.807) is 0 Å². The molecular formula is C39H36Cl2N4O2. The van der Waals surface area contributed by atoms with E-state index in [0.29, 0.717) is 40.0 Å². The summed E-state index contributed by atoms with van der Waals surface area (Å²) in [6.07, 6.45) is 11.2. The minimum absolute atomic E-state index is 0.0498. The number of nitrogens with zero attached hydrogens (tertiary/aromatic N) is 4. The van der Waals surface area contributed by atoms with Gasteiger partial charge in [-0.05, 0) is 104 Å². The molecule has 0 atom stereocenters. The van der Waals surface area contributed by atoms with Gasteiger partial charge in [0.05, 0.1) is 28.1 Å². The zero-order valence-electron chi connectivity index (χ0n) is 26.5. The van der Waals surface area contributed by atoms with Gasteiger partial charge in [0, 0.05) is 45.0 Å². The van der Waals surface area contributed by atoms with Crippen LogP contribution in [0.5, 0.6) is 0 Å². The van der Waals surface area contributed by atoms with E-state index in [4.69, 9.17) is 28.3 Å². The zero-order valence-corrected chi connectivity index (χ0v) is 28.0. The van der Waals surface area contributed by atoms with Crippen molar-refractivity contribution in [3.8, 4) is 5.69 Å². The second-order valence-electron chi connectivity index (χ2n) is 11.6. The molecule has 0 aliphatic carbocycles. The Morgan fingerprint density at radius 3 is 1.70 bits per heavy atom. The summed E-state index contributed by atoms with van der Waals surface area (Å²) in [7, 11) is 0. The smallest absolute Gasteiger partial charge is 0.258 e. The number of para-hydroxylation sites is 1. The van der Waals surface area contributed by atoms with Crippen molar-refractivity contribution in [1.82, 2.24) is 18.9 Å². The molecule has 47 heavy (non-hydrogen) atoms. The lowest BCUT2D eigenvalue weighted by molar-refractivity contribution is 0.631. The summed E-state index contributed by atoms with van der Waals surface area (Å²) in [5.74, 6) is 0. The third-order valence-corrected chi connectivity index (χ3v) is 8.73. The first-order valence-electron chi connectivity index (χ1n) is 16.0. The maximum Gasteiger partial charge on any atom is 0.258 e. The Hall–Kier alpha value is -4.65. The molecule has 0 amide bonds. The first kappa shape index (κ1) is 32.3. The number of fused-ring (bicyclic) bond motifs is 2. The predicted octanol–water partition coefficient (Wildman–Crippen LogP) is 9.75. The van der Waals surface area contributed by atoms with E-state index in [2.05, 4.69) is 13.8 Å². The number of rotatable bonds is 11. The van der Waals surface area contributed by atoms with Gasteiger partial charge in [-0.2, -0.15) is 5.10 Å². The maximum absolute atomic E-state index is 13.7. The molecule has 3 heterocycles. The Balaban J connectivity index is 1.42. The Morgan fingerprint density at radius 2 is 1.17 bits per heavy atom. The lowest BCUT2D eigenvalue weighted by atomic mass is 10.1. The van der Waals surface area contributed by atoms with Crippen LogP contribution < -0.4 is 11.1 Å². The van der Waals surface area contributed by atoms with Crippen LogP contribution in [0.2, 0.25) is 10.0 Å². The quantitative estimate of drug-likeness (QED) is 0.139. The Bertz CT molecular complexity index is 2240. The molecule has 0 fully saturated rings. The SMILES string of the molecule is CCCCn1c(=O)c(/C=C/c2cc(/C=C/c3cc4cc(Cl)ccc4n(CCCC)c3=O)n(-c3ccccc3)n2)cc2cc(Cl)ccc21. The molecule has 6 nitrogen and oxygen atoms in total. The van der Waals surface area contributed by atoms with Crippen molar-refractivity contribution in [1.29, 1.82) is 0 Å². The largest absolute Gasteiger partial charge is 0.308 e. The van der Waals surface area contributed by atoms with Crippen molar-refractivity contribution in [2.45, 2.75) is 52.6 Å². The molecule has 238 valence electrons. The fourth-order valence-electron chi connectivity index (χ4n) is 5.82. The fraction of sp³-hybridized carbons (Fsp3) is 0.205. The number of benzene rings is 3. The Labute approximate surface area is 283 Å². The molecule has 0 N–H and O–H groups in total. The number of aromatic nitrogens is 4. The number of halogens is 2. The number of aryl methyl sites for hydroxylation is 2. The summed E-state index contributed by atoms with van der Waals surface area (Å²) < 4.78 is 5.50. The summed E-state index contributed by atoms with van der Waals surface area (Å²) in [6.45, 7) is 5.49. The summed E-state index contributed by atoms with van der Waals surface area (Å²) in [5, 5.41) is 7.94. The number of unbranched alkanes of at least 4 members (excludes halogenated alkanes) is 2. The van der Waals surface area contributed by atoms with Gasteiger partial charge in [0.25, 0.3) is 11.1 Å². The van der Waals surface area contributed by atoms with Crippen LogP contribution in [-0.4, -0.2) is 18.9 Å². The molecule has 0 unspecified atom stereocenters. The van der Waals surface area contributed by atoms with Crippen LogP contribution in [0.25, 0.3) is 51.8 Å². The van der Waals surface area contributed by atoms with Crippen LogP contribution in [0.1, 0.15) is 62.0 Å². The average Bonchev–Trinajstić information content (AvgIpc) is 3.49. The summed E-state index contributed by atoms with van der Waals surface area (Å²) >= 11 is 12.6. The second-order valence-corrected chi connectivity index (χ2v) is 12.5. The van der Waals surface area contributed by atoms with E-state index in [-0.39, 0.29) is 11.1 Å². The normalized spacial score (nSPS) is 11.9. The predicted molar refractivity (Wildman–Crippen MR) is 198 cm³/mol. The molecular weight excluding hydrogens is 627 g/mol. The molecule has 6 aromatic rings. The topological polar surface area (TPSA) is 61.8 Å². The second kappa shape index (κ2) is 14.4. The molecule has 8 heteroatoms. The summed E-state index contributed by atoms with van der Waals surface area (Å²) in [6, 6.07) is 26.8. The van der Waals surface area contributed by atoms with Gasteiger partial charge in [-0.1, -0.05) is 68.1 Å². The third kappa shape index (κ3) is 7.04. The van der Waals surface area contributed by atoms with Crippen LogP contribution in [0.4, 0.5) is 0 Å². The van der Waals surface area contributed by atoms with Crippen molar-refractivity contribution in [2.24, 2.45) is 0 Å². The van der Waals surface area contributed by atoms with Crippen molar-refractivity contribution in [3.05, 3.63) is 138 Å².